The maximum absolute atomic E-state index is 12.0. The van der Waals surface area contributed by atoms with Crippen LogP contribution >= 0.6 is 23.4 Å². The molecular formula is C17H14ClN3O4S. The number of phenolic OH excluding ortho intramolecular Hbond substituents is 1. The maximum Gasteiger partial charge on any atom is 0.277 e. The van der Waals surface area contributed by atoms with E-state index >= 15 is 0 Å². The van der Waals surface area contributed by atoms with Crippen LogP contribution in [0.3, 0.4) is 0 Å². The number of methoxy groups -OCH3 is 1. The molecule has 1 aromatic heterocycles. The van der Waals surface area contributed by atoms with E-state index in [1.54, 1.807) is 31.4 Å². The van der Waals surface area contributed by atoms with E-state index in [4.69, 9.17) is 20.8 Å². The number of halogens is 1. The zero-order chi connectivity index (χ0) is 18.5. The van der Waals surface area contributed by atoms with Crippen molar-refractivity contribution in [1.29, 1.82) is 0 Å². The molecule has 26 heavy (non-hydrogen) atoms. The Balaban J connectivity index is 1.58. The normalized spacial score (nSPS) is 10.5. The Morgan fingerprint density at radius 1 is 1.27 bits per heavy atom. The van der Waals surface area contributed by atoms with Crippen LogP contribution in [0.2, 0.25) is 5.02 Å². The average molecular weight is 392 g/mol. The Morgan fingerprint density at radius 2 is 2.04 bits per heavy atom. The second-order valence-electron chi connectivity index (χ2n) is 5.10. The highest BCUT2D eigenvalue weighted by molar-refractivity contribution is 7.99. The van der Waals surface area contributed by atoms with Crippen LogP contribution in [0.25, 0.3) is 11.5 Å². The fraction of sp³-hybridized carbons (Fsp3) is 0.118. The van der Waals surface area contributed by atoms with Gasteiger partial charge in [0, 0.05) is 10.6 Å². The molecule has 0 aliphatic rings. The summed E-state index contributed by atoms with van der Waals surface area (Å²) in [7, 11) is 1.59. The molecule has 3 rings (SSSR count). The molecule has 2 aromatic carbocycles. The first-order valence-corrected chi connectivity index (χ1v) is 8.80. The molecule has 0 spiro atoms. The number of nitrogens with one attached hydrogen (secondary N) is 1. The van der Waals surface area contributed by atoms with Gasteiger partial charge in [0.05, 0.1) is 18.6 Å². The predicted octanol–water partition coefficient (Wildman–Crippen LogP) is 3.84. The third-order valence-corrected chi connectivity index (χ3v) is 4.36. The van der Waals surface area contributed by atoms with Gasteiger partial charge in [-0.05, 0) is 42.5 Å². The Labute approximate surface area is 158 Å². The van der Waals surface area contributed by atoms with Crippen molar-refractivity contribution < 1.29 is 19.1 Å². The Morgan fingerprint density at radius 3 is 2.77 bits per heavy atom. The summed E-state index contributed by atoms with van der Waals surface area (Å²) in [6.45, 7) is 0. The molecule has 0 saturated carbocycles. The van der Waals surface area contributed by atoms with E-state index in [0.29, 0.717) is 10.9 Å². The number of aromatic hydroxyl groups is 1. The SMILES string of the molecule is COc1ccc(-c2nnc(SCC(=O)Nc3cc(Cl)ccc3O)o2)cc1. The molecule has 3 aromatic rings. The summed E-state index contributed by atoms with van der Waals surface area (Å²) < 4.78 is 10.6. The van der Waals surface area contributed by atoms with Gasteiger partial charge in [0.1, 0.15) is 11.5 Å². The minimum atomic E-state index is -0.336. The van der Waals surface area contributed by atoms with Gasteiger partial charge in [-0.1, -0.05) is 23.4 Å². The molecule has 0 fully saturated rings. The minimum absolute atomic E-state index is 0.0379. The molecule has 0 radical (unpaired) electrons. The third-order valence-electron chi connectivity index (χ3n) is 3.30. The summed E-state index contributed by atoms with van der Waals surface area (Å²) in [6.07, 6.45) is 0. The van der Waals surface area contributed by atoms with Gasteiger partial charge < -0.3 is 19.6 Å². The average Bonchev–Trinajstić information content (AvgIpc) is 3.12. The third kappa shape index (κ3) is 4.47. The molecule has 134 valence electrons. The van der Waals surface area contributed by atoms with Crippen LogP contribution in [-0.2, 0) is 4.79 Å². The zero-order valence-corrected chi connectivity index (χ0v) is 15.2. The molecule has 0 aliphatic heterocycles. The Bertz CT molecular complexity index is 915. The first kappa shape index (κ1) is 18.1. The van der Waals surface area contributed by atoms with Crippen molar-refractivity contribution in [3.8, 4) is 23.0 Å². The smallest absolute Gasteiger partial charge is 0.277 e. The number of phenols is 1. The molecule has 1 heterocycles. The summed E-state index contributed by atoms with van der Waals surface area (Å²) in [5, 5.41) is 20.8. The topological polar surface area (TPSA) is 97.5 Å². The molecule has 0 atom stereocenters. The molecule has 0 saturated heterocycles. The lowest BCUT2D eigenvalue weighted by molar-refractivity contribution is -0.113. The van der Waals surface area contributed by atoms with Gasteiger partial charge in [-0.3, -0.25) is 4.79 Å². The van der Waals surface area contributed by atoms with Crippen LogP contribution in [0, 0.1) is 0 Å². The van der Waals surface area contributed by atoms with Gasteiger partial charge in [-0.25, -0.2) is 0 Å². The summed E-state index contributed by atoms with van der Waals surface area (Å²) in [4.78, 5) is 12.0. The van der Waals surface area contributed by atoms with Crippen LogP contribution in [0.15, 0.2) is 52.1 Å². The summed E-state index contributed by atoms with van der Waals surface area (Å²) >= 11 is 6.93. The summed E-state index contributed by atoms with van der Waals surface area (Å²) in [5.41, 5.74) is 0.992. The number of ether oxygens (including phenoxy) is 1. The second kappa shape index (κ2) is 8.11. The summed E-state index contributed by atoms with van der Waals surface area (Å²) in [6, 6.07) is 11.6. The highest BCUT2D eigenvalue weighted by Crippen LogP contribution is 2.28. The molecule has 2 N–H and O–H groups in total. The van der Waals surface area contributed by atoms with Crippen molar-refractivity contribution in [2.45, 2.75) is 5.22 Å². The number of anilines is 1. The van der Waals surface area contributed by atoms with Crippen LogP contribution < -0.4 is 10.1 Å². The number of benzene rings is 2. The van der Waals surface area contributed by atoms with Crippen molar-refractivity contribution >= 4 is 35.0 Å². The first-order valence-electron chi connectivity index (χ1n) is 7.44. The fourth-order valence-electron chi connectivity index (χ4n) is 2.04. The molecule has 9 heteroatoms. The van der Waals surface area contributed by atoms with E-state index in [2.05, 4.69) is 15.5 Å². The van der Waals surface area contributed by atoms with Crippen molar-refractivity contribution in [2.75, 3.05) is 18.2 Å². The minimum Gasteiger partial charge on any atom is -0.506 e. The van der Waals surface area contributed by atoms with Crippen molar-refractivity contribution in [2.24, 2.45) is 0 Å². The van der Waals surface area contributed by atoms with Gasteiger partial charge in [0.25, 0.3) is 5.22 Å². The lowest BCUT2D eigenvalue weighted by Crippen LogP contribution is -2.14. The number of rotatable bonds is 6. The lowest BCUT2D eigenvalue weighted by Gasteiger charge is -2.06. The Kier molecular flexibility index (Phi) is 5.65. The number of aromatic nitrogens is 2. The summed E-state index contributed by atoms with van der Waals surface area (Å²) in [5.74, 6) is 0.715. The zero-order valence-electron chi connectivity index (χ0n) is 13.6. The van der Waals surface area contributed by atoms with Crippen molar-refractivity contribution in [1.82, 2.24) is 10.2 Å². The number of nitrogens with zero attached hydrogens (tertiary/aromatic N) is 2. The predicted molar refractivity (Wildman–Crippen MR) is 98.8 cm³/mol. The number of thioether (sulfide) groups is 1. The van der Waals surface area contributed by atoms with Gasteiger partial charge >= 0.3 is 0 Å². The second-order valence-corrected chi connectivity index (χ2v) is 6.46. The quantitative estimate of drug-likeness (QED) is 0.486. The van der Waals surface area contributed by atoms with E-state index in [0.717, 1.165) is 23.1 Å². The van der Waals surface area contributed by atoms with Crippen LogP contribution in [-0.4, -0.2) is 34.1 Å². The molecule has 0 bridgehead atoms. The molecule has 0 aliphatic carbocycles. The van der Waals surface area contributed by atoms with Crippen LogP contribution in [0.5, 0.6) is 11.5 Å². The van der Waals surface area contributed by atoms with Crippen molar-refractivity contribution in [3.05, 3.63) is 47.5 Å². The van der Waals surface area contributed by atoms with E-state index < -0.39 is 0 Å². The Hall–Kier alpha value is -2.71. The number of hydrogen-bond donors (Lipinski definition) is 2. The van der Waals surface area contributed by atoms with E-state index in [-0.39, 0.29) is 28.3 Å². The van der Waals surface area contributed by atoms with E-state index in [9.17, 15) is 9.90 Å². The van der Waals surface area contributed by atoms with Gasteiger partial charge in [-0.2, -0.15) is 0 Å². The largest absolute Gasteiger partial charge is 0.506 e. The number of amides is 1. The number of carbonyl (C=O) groups excluding carboxylic acids is 1. The fourth-order valence-corrected chi connectivity index (χ4v) is 2.78. The highest BCUT2D eigenvalue weighted by Gasteiger charge is 2.13. The van der Waals surface area contributed by atoms with Crippen molar-refractivity contribution in [3.63, 3.8) is 0 Å². The molecule has 1 amide bonds. The molecule has 7 nitrogen and oxygen atoms in total. The maximum atomic E-state index is 12.0. The number of hydrogen-bond acceptors (Lipinski definition) is 7. The van der Waals surface area contributed by atoms with Gasteiger partial charge in [0.2, 0.25) is 11.8 Å². The monoisotopic (exact) mass is 391 g/mol. The first-order chi connectivity index (χ1) is 12.5. The van der Waals surface area contributed by atoms with Crippen LogP contribution in [0.4, 0.5) is 5.69 Å². The van der Waals surface area contributed by atoms with Gasteiger partial charge in [-0.15, -0.1) is 10.2 Å². The molecular weight excluding hydrogens is 378 g/mol. The van der Waals surface area contributed by atoms with Crippen LogP contribution in [0.1, 0.15) is 0 Å². The number of carbonyl (C=O) groups is 1. The lowest BCUT2D eigenvalue weighted by atomic mass is 10.2. The van der Waals surface area contributed by atoms with Gasteiger partial charge in [0.15, 0.2) is 0 Å². The highest BCUT2D eigenvalue weighted by atomic mass is 35.5. The standard InChI is InChI=1S/C17H14ClN3O4S/c1-24-12-5-2-10(3-6-12)16-20-21-17(25-16)26-9-15(23)19-13-8-11(18)4-7-14(13)22/h2-8,22H,9H2,1H3,(H,19,23). The molecule has 0 unspecified atom stereocenters. The van der Waals surface area contributed by atoms with E-state index in [1.807, 2.05) is 0 Å². The van der Waals surface area contributed by atoms with E-state index in [1.165, 1.54) is 18.2 Å².